The van der Waals surface area contributed by atoms with Crippen LogP contribution in [0.2, 0.25) is 0 Å². The van der Waals surface area contributed by atoms with Crippen molar-refractivity contribution >= 4 is 0 Å². The summed E-state index contributed by atoms with van der Waals surface area (Å²) in [4.78, 5) is 0. The molecule has 0 nitrogen and oxygen atoms in total. The molecule has 0 unspecified atom stereocenters. The first-order chi connectivity index (χ1) is 2.89. The molecule has 0 heterocycles. The minimum absolute atomic E-state index is 0. The maximum Gasteiger partial charge on any atom is 0 e. The van der Waals surface area contributed by atoms with E-state index >= 15 is 0 Å². The van der Waals surface area contributed by atoms with Gasteiger partial charge in [0.2, 0.25) is 0 Å². The summed E-state index contributed by atoms with van der Waals surface area (Å²) in [6.45, 7) is 2.06. The van der Waals surface area contributed by atoms with E-state index in [4.69, 9.17) is 0 Å². The molecule has 0 bridgehead atoms. The maximum atomic E-state index is 3.12. The second-order valence-electron chi connectivity index (χ2n) is 1.47. The molecule has 58 valence electrons. The van der Waals surface area contributed by atoms with Gasteiger partial charge in [0.15, 0.2) is 0 Å². The van der Waals surface area contributed by atoms with Crippen LogP contribution in [0.4, 0.5) is 0 Å². The Labute approximate surface area is 79.2 Å². The van der Waals surface area contributed by atoms with E-state index in [0.29, 0.717) is 0 Å². The summed E-state index contributed by atoms with van der Waals surface area (Å²) in [5.41, 5.74) is 1.27. The van der Waals surface area contributed by atoms with Gasteiger partial charge in [-0.2, -0.15) is 6.08 Å². The Morgan fingerprint density at radius 1 is 1.30 bits per heavy atom. The quantitative estimate of drug-likeness (QED) is 0.406. The fourth-order valence-electron chi connectivity index (χ4n) is 0.515. The molecule has 0 aromatic heterocycles. The Kier molecular flexibility index (Phi) is 26.6. The molecule has 1 aliphatic rings. The molecule has 0 aromatic rings. The zero-order valence-corrected chi connectivity index (χ0v) is 10.5. The summed E-state index contributed by atoms with van der Waals surface area (Å²) in [5.74, 6) is 0. The zero-order valence-electron chi connectivity index (χ0n) is 7.57. The van der Waals surface area contributed by atoms with Crippen LogP contribution in [0.3, 0.4) is 0 Å². The summed E-state index contributed by atoms with van der Waals surface area (Å²) in [7, 11) is 0. The third-order valence-electron chi connectivity index (χ3n) is 0.867. The molecule has 10 heavy (non-hydrogen) atoms. The minimum atomic E-state index is 0. The molecule has 0 aromatic carbocycles. The molecule has 0 atom stereocenters. The van der Waals surface area contributed by atoms with Gasteiger partial charge in [-0.1, -0.05) is 6.92 Å². The maximum absolute atomic E-state index is 3.12. The fraction of sp³-hybridized carbons (Fsp3) is 0.222. The Morgan fingerprint density at radius 2 is 1.80 bits per heavy atom. The molecule has 1 heteroatoms. The van der Waals surface area contributed by atoms with E-state index in [0.717, 1.165) is 6.42 Å². The van der Waals surface area contributed by atoms with Gasteiger partial charge < -0.3 is 22.3 Å². The van der Waals surface area contributed by atoms with Gasteiger partial charge in [0.25, 0.3) is 0 Å². The van der Waals surface area contributed by atoms with Crippen molar-refractivity contribution in [2.24, 2.45) is 0 Å². The predicted molar refractivity (Wildman–Crippen MR) is 45.4 cm³/mol. The number of hydrogen-bond acceptors (Lipinski definition) is 0. The van der Waals surface area contributed by atoms with Crippen LogP contribution in [0, 0.1) is 28.4 Å². The molecule has 1 aliphatic carbocycles. The monoisotopic (exact) mass is 188 g/mol. The van der Waals surface area contributed by atoms with Crippen molar-refractivity contribution < 1.29 is 19.5 Å². The summed E-state index contributed by atoms with van der Waals surface area (Å²) in [6, 6.07) is 0. The van der Waals surface area contributed by atoms with E-state index in [9.17, 15) is 0 Å². The number of rotatable bonds is 0. The van der Waals surface area contributed by atoms with Crippen LogP contribution in [-0.4, -0.2) is 0 Å². The van der Waals surface area contributed by atoms with Gasteiger partial charge in [0, 0.05) is 19.5 Å². The van der Waals surface area contributed by atoms with Gasteiger partial charge in [-0.15, -0.1) is 6.42 Å². The first-order valence-corrected chi connectivity index (χ1v) is 2.13. The van der Waals surface area contributed by atoms with Gasteiger partial charge in [0.05, 0.1) is 0 Å². The average Bonchev–Trinajstić information content (AvgIpc) is 1.86. The van der Waals surface area contributed by atoms with E-state index in [-0.39, 0.29) is 41.8 Å². The smallest absolute Gasteiger partial charge is 0 e. The Hall–Kier alpha value is 0.103. The van der Waals surface area contributed by atoms with Gasteiger partial charge in [0.1, 0.15) is 0 Å². The Balaban J connectivity index is -0.0000000450. The van der Waals surface area contributed by atoms with E-state index in [1.807, 2.05) is 0 Å². The van der Waals surface area contributed by atoms with Crippen LogP contribution in [0.5, 0.6) is 0 Å². The molecule has 0 saturated heterocycles. The Bertz CT molecular complexity index is 98.5. The molecule has 0 aliphatic heterocycles. The van der Waals surface area contributed by atoms with Gasteiger partial charge in [-0.3, -0.25) is 6.08 Å². The van der Waals surface area contributed by atoms with Gasteiger partial charge in [-0.25, -0.2) is 11.6 Å². The average molecular weight is 190 g/mol. The summed E-state index contributed by atoms with van der Waals surface area (Å²) >= 11 is 0. The summed E-state index contributed by atoms with van der Waals surface area (Å²) in [5, 5.41) is 0. The fourth-order valence-corrected chi connectivity index (χ4v) is 0.515. The molecule has 0 fully saturated rings. The van der Waals surface area contributed by atoms with Crippen molar-refractivity contribution in [3.63, 3.8) is 0 Å². The van der Waals surface area contributed by atoms with Crippen LogP contribution in [-0.2, 0) is 19.5 Å². The number of allylic oxidation sites excluding steroid dienone is 4. The van der Waals surface area contributed by atoms with Gasteiger partial charge >= 0.3 is 0 Å². The molecule has 0 spiro atoms. The molecule has 0 N–H and O–H groups in total. The molecular weight excluding hydrogens is 173 g/mol. The van der Waals surface area contributed by atoms with Crippen LogP contribution in [0.1, 0.15) is 13.3 Å². The van der Waals surface area contributed by atoms with Crippen molar-refractivity contribution in [1.82, 2.24) is 0 Å². The minimum Gasteiger partial charge on any atom is -0.358 e. The second-order valence-corrected chi connectivity index (χ2v) is 1.47. The first kappa shape index (κ1) is 22.5. The number of hydrogen-bond donors (Lipinski definition) is 0. The third-order valence-corrected chi connectivity index (χ3v) is 0.867. The largest absolute Gasteiger partial charge is 0.358 e. The zero-order chi connectivity index (χ0) is 4.41. The molecule has 0 saturated carbocycles. The van der Waals surface area contributed by atoms with E-state index < -0.39 is 0 Å². The van der Waals surface area contributed by atoms with Crippen LogP contribution < -0.4 is 0 Å². The predicted octanol–water partition coefficient (Wildman–Crippen LogP) is 3.04. The summed E-state index contributed by atoms with van der Waals surface area (Å²) < 4.78 is 0. The second kappa shape index (κ2) is 11.8. The normalized spacial score (nSPS) is 11.1. The van der Waals surface area contributed by atoms with Crippen molar-refractivity contribution in [3.05, 3.63) is 46.1 Å². The topological polar surface area (TPSA) is 0 Å². The van der Waals surface area contributed by atoms with Crippen LogP contribution in [0.25, 0.3) is 0 Å². The van der Waals surface area contributed by atoms with E-state index in [2.05, 4.69) is 25.2 Å². The van der Waals surface area contributed by atoms with Crippen LogP contribution >= 0.6 is 0 Å². The third kappa shape index (κ3) is 8.10. The first-order valence-electron chi connectivity index (χ1n) is 2.13. The standard InChI is InChI=1S/C6H7.3CH3.Zn/c1-6-4-2-3-5-6;;;;/h2,4H,3H2,1H3;3*1H3;/q4*-1;. The molecule has 1 rings (SSSR count). The molecular formula is C9H16Zn-4. The van der Waals surface area contributed by atoms with Gasteiger partial charge in [-0.05, 0) is 0 Å². The molecule has 0 amide bonds. The Morgan fingerprint density at radius 3 is 1.90 bits per heavy atom. The van der Waals surface area contributed by atoms with Crippen LogP contribution in [0.15, 0.2) is 17.7 Å². The van der Waals surface area contributed by atoms with E-state index in [1.165, 1.54) is 5.57 Å². The van der Waals surface area contributed by atoms with E-state index in [1.54, 1.807) is 0 Å². The van der Waals surface area contributed by atoms with Crippen molar-refractivity contribution in [2.45, 2.75) is 13.3 Å². The molecule has 0 radical (unpaired) electrons. The summed E-state index contributed by atoms with van der Waals surface area (Å²) in [6.07, 6.45) is 8.33. The van der Waals surface area contributed by atoms with Crippen molar-refractivity contribution in [3.8, 4) is 0 Å². The van der Waals surface area contributed by atoms with Crippen molar-refractivity contribution in [1.29, 1.82) is 0 Å². The SMILES string of the molecule is CC1=[C-]CC=C1.[CH3-].[CH3-].[CH3-].[Zn]. The van der Waals surface area contributed by atoms with Crippen molar-refractivity contribution in [2.75, 3.05) is 0 Å².